The molecular formula is C29H34N4O5. The molecule has 4 atom stereocenters. The molecular weight excluding hydrogens is 484 g/mol. The standard InChI is InChI=1S/C29H34N4O5/c1-2-3-18-33-25(34)22-23(26(33)35)29(27(36)37,16-7-17-31-28(30)38)32-24(22)21-14-12-20(13-15-21)11-10-19-8-5-4-6-9-19/h4-6,8-15,22-24,32H,2-3,7,16-18H2,1H3,(H,36,37)(H3,30,31,38). The van der Waals surface area contributed by atoms with Gasteiger partial charge in [-0.15, -0.1) is 0 Å². The smallest absolute Gasteiger partial charge is 0.324 e. The lowest BCUT2D eigenvalue weighted by Crippen LogP contribution is -2.56. The zero-order chi connectivity index (χ0) is 27.3. The van der Waals surface area contributed by atoms with Gasteiger partial charge in [-0.1, -0.05) is 80.1 Å². The molecule has 4 rings (SSSR count). The second-order valence-electron chi connectivity index (χ2n) is 9.89. The summed E-state index contributed by atoms with van der Waals surface area (Å²) in [5, 5.41) is 16.1. The van der Waals surface area contributed by atoms with E-state index in [0.717, 1.165) is 23.1 Å². The summed E-state index contributed by atoms with van der Waals surface area (Å²) in [7, 11) is 0. The van der Waals surface area contributed by atoms with Crippen molar-refractivity contribution < 1.29 is 24.3 Å². The van der Waals surface area contributed by atoms with Crippen LogP contribution in [-0.2, 0) is 14.4 Å². The number of nitrogens with one attached hydrogen (secondary N) is 2. The lowest BCUT2D eigenvalue weighted by atomic mass is 9.77. The molecule has 0 saturated carbocycles. The van der Waals surface area contributed by atoms with Crippen molar-refractivity contribution in [3.63, 3.8) is 0 Å². The second kappa shape index (κ2) is 11.6. The average Bonchev–Trinajstić information content (AvgIpc) is 3.39. The molecule has 200 valence electrons. The maximum atomic E-state index is 13.5. The second-order valence-corrected chi connectivity index (χ2v) is 9.89. The van der Waals surface area contributed by atoms with Crippen LogP contribution in [0.15, 0.2) is 54.6 Å². The first kappa shape index (κ1) is 27.1. The summed E-state index contributed by atoms with van der Waals surface area (Å²) in [6.45, 7) is 2.41. The fourth-order valence-electron chi connectivity index (χ4n) is 5.57. The van der Waals surface area contributed by atoms with Crippen LogP contribution in [0.25, 0.3) is 12.2 Å². The van der Waals surface area contributed by atoms with E-state index in [1.165, 1.54) is 4.90 Å². The average molecular weight is 519 g/mol. The van der Waals surface area contributed by atoms with Gasteiger partial charge in [0.2, 0.25) is 11.8 Å². The first-order chi connectivity index (χ1) is 18.3. The number of unbranched alkanes of at least 4 members (excludes halogenated alkanes) is 1. The van der Waals surface area contributed by atoms with E-state index in [1.54, 1.807) is 0 Å². The normalized spacial score (nSPS) is 24.7. The van der Waals surface area contributed by atoms with Crippen LogP contribution in [0.2, 0.25) is 0 Å². The Balaban J connectivity index is 1.64. The highest BCUT2D eigenvalue weighted by Crippen LogP contribution is 2.50. The van der Waals surface area contributed by atoms with E-state index < -0.39 is 41.3 Å². The number of imide groups is 1. The van der Waals surface area contributed by atoms with Crippen molar-refractivity contribution in [3.05, 3.63) is 71.3 Å². The Morgan fingerprint density at radius 1 is 1.03 bits per heavy atom. The molecule has 0 spiro atoms. The molecule has 2 fully saturated rings. The van der Waals surface area contributed by atoms with Gasteiger partial charge in [-0.2, -0.15) is 0 Å². The number of aliphatic carboxylic acids is 1. The number of carbonyl (C=O) groups is 4. The summed E-state index contributed by atoms with van der Waals surface area (Å²) >= 11 is 0. The van der Waals surface area contributed by atoms with Gasteiger partial charge in [0.15, 0.2) is 0 Å². The van der Waals surface area contributed by atoms with E-state index in [9.17, 15) is 24.3 Å². The monoisotopic (exact) mass is 518 g/mol. The number of benzene rings is 2. The minimum absolute atomic E-state index is 0.0544. The highest BCUT2D eigenvalue weighted by atomic mass is 16.4. The number of nitrogens with zero attached hydrogens (tertiary/aromatic N) is 1. The van der Waals surface area contributed by atoms with E-state index in [2.05, 4.69) is 10.6 Å². The van der Waals surface area contributed by atoms with Crippen LogP contribution in [0.1, 0.15) is 55.3 Å². The fraction of sp³-hybridized carbons (Fsp3) is 0.379. The third-order valence-corrected chi connectivity index (χ3v) is 7.47. The summed E-state index contributed by atoms with van der Waals surface area (Å²) < 4.78 is 0. The van der Waals surface area contributed by atoms with Crippen molar-refractivity contribution >= 4 is 36.0 Å². The van der Waals surface area contributed by atoms with Crippen molar-refractivity contribution in [1.82, 2.24) is 15.5 Å². The number of likely N-dealkylation sites (tertiary alicyclic amines) is 1. The van der Waals surface area contributed by atoms with Gasteiger partial charge in [0.05, 0.1) is 11.8 Å². The van der Waals surface area contributed by atoms with Gasteiger partial charge in [-0.25, -0.2) is 4.79 Å². The molecule has 2 aliphatic heterocycles. The maximum Gasteiger partial charge on any atom is 0.324 e. The van der Waals surface area contributed by atoms with E-state index >= 15 is 0 Å². The van der Waals surface area contributed by atoms with Crippen LogP contribution in [-0.4, -0.2) is 52.4 Å². The van der Waals surface area contributed by atoms with E-state index in [-0.39, 0.29) is 31.8 Å². The molecule has 2 aromatic rings. The Labute approximate surface area is 222 Å². The predicted octanol–water partition coefficient (Wildman–Crippen LogP) is 3.17. The van der Waals surface area contributed by atoms with E-state index in [4.69, 9.17) is 5.73 Å². The van der Waals surface area contributed by atoms with Crippen molar-refractivity contribution in [2.75, 3.05) is 13.1 Å². The quantitative estimate of drug-likeness (QED) is 0.205. The molecule has 4 amide bonds. The van der Waals surface area contributed by atoms with Gasteiger partial charge >= 0.3 is 12.0 Å². The van der Waals surface area contributed by atoms with Crippen molar-refractivity contribution in [2.45, 2.75) is 44.2 Å². The number of urea groups is 1. The zero-order valence-corrected chi connectivity index (χ0v) is 21.4. The summed E-state index contributed by atoms with van der Waals surface area (Å²) in [6.07, 6.45) is 5.76. The SMILES string of the molecule is CCCCN1C(=O)C2C(c3ccc(C=Cc4ccccc4)cc3)NC(CCCNC(N)=O)(C(=O)O)C2C1=O. The van der Waals surface area contributed by atoms with Gasteiger partial charge in [0, 0.05) is 19.1 Å². The number of fused-ring (bicyclic) bond motifs is 1. The summed E-state index contributed by atoms with van der Waals surface area (Å²) in [5.41, 5.74) is 6.26. The highest BCUT2D eigenvalue weighted by molar-refractivity contribution is 6.09. The molecule has 0 aliphatic carbocycles. The molecule has 2 heterocycles. The van der Waals surface area contributed by atoms with Crippen LogP contribution in [0, 0.1) is 11.8 Å². The molecule has 2 saturated heterocycles. The number of rotatable bonds is 11. The molecule has 9 nitrogen and oxygen atoms in total. The number of nitrogens with two attached hydrogens (primary N) is 1. The third kappa shape index (κ3) is 5.33. The number of hydrogen-bond acceptors (Lipinski definition) is 5. The number of primary amides is 1. The predicted molar refractivity (Wildman–Crippen MR) is 143 cm³/mol. The molecule has 9 heteroatoms. The van der Waals surface area contributed by atoms with E-state index in [1.807, 2.05) is 73.7 Å². The van der Waals surface area contributed by atoms with Gasteiger partial charge in [-0.3, -0.25) is 24.6 Å². The molecule has 0 radical (unpaired) electrons. The summed E-state index contributed by atoms with van der Waals surface area (Å²) in [6, 6.07) is 16.1. The number of hydrogen-bond donors (Lipinski definition) is 4. The minimum Gasteiger partial charge on any atom is -0.480 e. The molecule has 0 bridgehead atoms. The molecule has 38 heavy (non-hydrogen) atoms. The number of carboxylic acid groups (broad SMARTS) is 1. The number of carbonyl (C=O) groups excluding carboxylic acids is 3. The molecule has 2 aliphatic rings. The first-order valence-corrected chi connectivity index (χ1v) is 13.0. The number of amides is 4. The van der Waals surface area contributed by atoms with Gasteiger partial charge < -0.3 is 16.2 Å². The topological polar surface area (TPSA) is 142 Å². The van der Waals surface area contributed by atoms with Gasteiger partial charge in [-0.05, 0) is 36.0 Å². The Morgan fingerprint density at radius 2 is 1.68 bits per heavy atom. The van der Waals surface area contributed by atoms with Crippen LogP contribution in [0.4, 0.5) is 4.79 Å². The minimum atomic E-state index is -1.64. The van der Waals surface area contributed by atoms with Crippen LogP contribution in [0.3, 0.4) is 0 Å². The Morgan fingerprint density at radius 3 is 2.29 bits per heavy atom. The van der Waals surface area contributed by atoms with Gasteiger partial charge in [0.25, 0.3) is 0 Å². The third-order valence-electron chi connectivity index (χ3n) is 7.47. The molecule has 4 unspecified atom stereocenters. The van der Waals surface area contributed by atoms with Crippen molar-refractivity contribution in [2.24, 2.45) is 17.6 Å². The van der Waals surface area contributed by atoms with Crippen LogP contribution >= 0.6 is 0 Å². The van der Waals surface area contributed by atoms with Crippen LogP contribution in [0.5, 0.6) is 0 Å². The zero-order valence-electron chi connectivity index (χ0n) is 21.4. The summed E-state index contributed by atoms with van der Waals surface area (Å²) in [5.74, 6) is -3.84. The maximum absolute atomic E-state index is 13.5. The molecule has 0 aromatic heterocycles. The van der Waals surface area contributed by atoms with Crippen molar-refractivity contribution in [3.8, 4) is 0 Å². The largest absolute Gasteiger partial charge is 0.480 e. The molecule has 5 N–H and O–H groups in total. The Bertz CT molecular complexity index is 1210. The lowest BCUT2D eigenvalue weighted by molar-refractivity contribution is -0.151. The van der Waals surface area contributed by atoms with Crippen LogP contribution < -0.4 is 16.4 Å². The van der Waals surface area contributed by atoms with E-state index in [0.29, 0.717) is 6.42 Å². The van der Waals surface area contributed by atoms with Gasteiger partial charge in [0.1, 0.15) is 5.54 Å². The summed E-state index contributed by atoms with van der Waals surface area (Å²) in [4.78, 5) is 52.1. The first-order valence-electron chi connectivity index (χ1n) is 13.0. The molecule has 2 aromatic carbocycles. The lowest BCUT2D eigenvalue weighted by Gasteiger charge is -2.31. The van der Waals surface area contributed by atoms with Crippen molar-refractivity contribution in [1.29, 1.82) is 0 Å². The fourth-order valence-corrected chi connectivity index (χ4v) is 5.57. The highest BCUT2D eigenvalue weighted by Gasteiger charge is 2.67. The Hall–Kier alpha value is -3.98. The number of carboxylic acids is 1. The Kier molecular flexibility index (Phi) is 8.26.